The maximum Gasteiger partial charge on any atom is 0.304 e. The minimum Gasteiger partial charge on any atom is -0.481 e. The van der Waals surface area contributed by atoms with E-state index in [1.165, 1.54) is 0 Å². The lowest BCUT2D eigenvalue weighted by Crippen LogP contribution is -2.34. The highest BCUT2D eigenvalue weighted by Gasteiger charge is 2.18. The molecule has 154 valence electrons. The molecule has 3 rings (SSSR count). The third-order valence-electron chi connectivity index (χ3n) is 4.97. The summed E-state index contributed by atoms with van der Waals surface area (Å²) in [6.07, 6.45) is 8.10. The Morgan fingerprint density at radius 1 is 1.21 bits per heavy atom. The number of fused-ring (bicyclic) bond motifs is 1. The van der Waals surface area contributed by atoms with Gasteiger partial charge in [-0.2, -0.15) is 0 Å². The number of nitrogens with one attached hydrogen (secondary N) is 3. The van der Waals surface area contributed by atoms with E-state index in [2.05, 4.69) is 20.9 Å². The average Bonchev–Trinajstić information content (AvgIpc) is 3.16. The fourth-order valence-corrected chi connectivity index (χ4v) is 3.50. The number of guanidine groups is 1. The van der Waals surface area contributed by atoms with Crippen molar-refractivity contribution in [1.82, 2.24) is 16.0 Å². The standard InChI is InChI=1S/C22H28N4O3/c27-20(7-3-4-10-23-22-24-11-12-25-22)26-15-16-8-9-17-5-1-2-6-19(17)18(13-16)14-21(28)29/h1-2,5-6,8-9,13,18H,3-4,7,10-12,14-15H2,(H,26,27)(H,28,29)(H2,23,24,25). The van der Waals surface area contributed by atoms with Gasteiger partial charge in [0.05, 0.1) is 13.0 Å². The molecule has 0 saturated carbocycles. The number of carboxylic acid groups (broad SMARTS) is 1. The van der Waals surface area contributed by atoms with E-state index in [1.54, 1.807) is 0 Å². The van der Waals surface area contributed by atoms with E-state index < -0.39 is 5.97 Å². The Hall–Kier alpha value is -3.09. The first kappa shape index (κ1) is 20.6. The van der Waals surface area contributed by atoms with Gasteiger partial charge in [-0.1, -0.05) is 42.5 Å². The van der Waals surface area contributed by atoms with Crippen molar-refractivity contribution < 1.29 is 14.7 Å². The van der Waals surface area contributed by atoms with Crippen LogP contribution in [0.25, 0.3) is 6.08 Å². The first-order valence-corrected chi connectivity index (χ1v) is 10.1. The van der Waals surface area contributed by atoms with Gasteiger partial charge in [-0.05, 0) is 29.5 Å². The predicted octanol–water partition coefficient (Wildman–Crippen LogP) is 2.03. The Labute approximate surface area is 171 Å². The van der Waals surface area contributed by atoms with Crippen LogP contribution in [-0.4, -0.2) is 49.1 Å². The molecule has 0 aromatic heterocycles. The van der Waals surface area contributed by atoms with Crippen LogP contribution >= 0.6 is 0 Å². The molecular formula is C22H28N4O3. The minimum absolute atomic E-state index is 0.00665. The van der Waals surface area contributed by atoms with Gasteiger partial charge >= 0.3 is 5.97 Å². The van der Waals surface area contributed by atoms with Crippen molar-refractivity contribution in [2.24, 2.45) is 4.99 Å². The lowest BCUT2D eigenvalue weighted by molar-refractivity contribution is -0.137. The van der Waals surface area contributed by atoms with Crippen molar-refractivity contribution in [1.29, 1.82) is 0 Å². The third-order valence-corrected chi connectivity index (χ3v) is 4.97. The zero-order valence-electron chi connectivity index (χ0n) is 16.5. The summed E-state index contributed by atoms with van der Waals surface area (Å²) in [4.78, 5) is 27.7. The molecule has 0 spiro atoms. The van der Waals surface area contributed by atoms with Gasteiger partial charge in [0.1, 0.15) is 0 Å². The van der Waals surface area contributed by atoms with Crippen LogP contribution in [0.15, 0.2) is 47.0 Å². The average molecular weight is 396 g/mol. The number of benzene rings is 1. The number of aliphatic imine (C=N–C) groups is 1. The number of nitrogens with zero attached hydrogens (tertiary/aromatic N) is 1. The summed E-state index contributed by atoms with van der Waals surface area (Å²) in [5.41, 5.74) is 2.94. The van der Waals surface area contributed by atoms with Gasteiger partial charge < -0.3 is 21.1 Å². The first-order chi connectivity index (χ1) is 14.1. The topological polar surface area (TPSA) is 103 Å². The number of hydrogen-bond donors (Lipinski definition) is 4. The fraction of sp³-hybridized carbons (Fsp3) is 0.409. The summed E-state index contributed by atoms with van der Waals surface area (Å²) in [5.74, 6) is -0.187. The molecule has 1 atom stereocenters. The lowest BCUT2D eigenvalue weighted by Gasteiger charge is -2.13. The maximum atomic E-state index is 12.2. The number of rotatable bonds is 9. The number of carbonyl (C=O) groups is 2. The Kier molecular flexibility index (Phi) is 7.44. The number of allylic oxidation sites excluding steroid dienone is 1. The quantitative estimate of drug-likeness (QED) is 0.479. The van der Waals surface area contributed by atoms with Gasteiger partial charge in [-0.15, -0.1) is 0 Å². The Morgan fingerprint density at radius 3 is 2.86 bits per heavy atom. The predicted molar refractivity (Wildman–Crippen MR) is 114 cm³/mol. The minimum atomic E-state index is -0.835. The van der Waals surface area contributed by atoms with E-state index in [1.807, 2.05) is 42.5 Å². The van der Waals surface area contributed by atoms with Crippen molar-refractivity contribution >= 4 is 23.9 Å². The molecule has 1 aromatic carbocycles. The number of aliphatic carboxylic acids is 1. The van der Waals surface area contributed by atoms with Crippen LogP contribution in [0.1, 0.15) is 42.7 Å². The van der Waals surface area contributed by atoms with E-state index in [9.17, 15) is 14.7 Å². The zero-order valence-corrected chi connectivity index (χ0v) is 16.5. The van der Waals surface area contributed by atoms with Crippen LogP contribution in [0.3, 0.4) is 0 Å². The van der Waals surface area contributed by atoms with Gasteiger partial charge in [0.25, 0.3) is 0 Å². The van der Waals surface area contributed by atoms with Gasteiger partial charge in [-0.3, -0.25) is 14.6 Å². The van der Waals surface area contributed by atoms with E-state index in [-0.39, 0.29) is 18.2 Å². The molecule has 7 nitrogen and oxygen atoms in total. The molecule has 1 aliphatic carbocycles. The molecule has 0 fully saturated rings. The van der Waals surface area contributed by atoms with Crippen LogP contribution in [0, 0.1) is 0 Å². The highest BCUT2D eigenvalue weighted by Crippen LogP contribution is 2.30. The lowest BCUT2D eigenvalue weighted by atomic mass is 9.91. The van der Waals surface area contributed by atoms with Crippen LogP contribution in [-0.2, 0) is 9.59 Å². The van der Waals surface area contributed by atoms with Gasteiger partial charge in [-0.25, -0.2) is 0 Å². The number of carbonyl (C=O) groups excluding carboxylic acids is 1. The molecule has 1 amide bonds. The van der Waals surface area contributed by atoms with Crippen molar-refractivity contribution in [3.8, 4) is 0 Å². The molecule has 1 heterocycles. The van der Waals surface area contributed by atoms with E-state index in [4.69, 9.17) is 0 Å². The molecule has 1 aliphatic heterocycles. The van der Waals surface area contributed by atoms with Gasteiger partial charge in [0, 0.05) is 32.0 Å². The smallest absolute Gasteiger partial charge is 0.304 e. The van der Waals surface area contributed by atoms with Crippen LogP contribution in [0.4, 0.5) is 0 Å². The summed E-state index contributed by atoms with van der Waals surface area (Å²) < 4.78 is 0. The second kappa shape index (κ2) is 10.5. The SMILES string of the molecule is O=C(O)CC1C=C(CNC(=O)CCCCNC2=NCCN2)C=Cc2ccccc21. The van der Waals surface area contributed by atoms with E-state index in [0.29, 0.717) is 13.0 Å². The molecule has 1 unspecified atom stereocenters. The van der Waals surface area contributed by atoms with Gasteiger partial charge in [0.2, 0.25) is 5.91 Å². The Bertz CT molecular complexity index is 829. The summed E-state index contributed by atoms with van der Waals surface area (Å²) in [6, 6.07) is 7.81. The largest absolute Gasteiger partial charge is 0.481 e. The highest BCUT2D eigenvalue weighted by atomic mass is 16.4. The first-order valence-electron chi connectivity index (χ1n) is 10.1. The summed E-state index contributed by atoms with van der Waals surface area (Å²) in [6.45, 7) is 2.89. The zero-order chi connectivity index (χ0) is 20.5. The summed E-state index contributed by atoms with van der Waals surface area (Å²) in [5, 5.41) is 18.6. The fourth-order valence-electron chi connectivity index (χ4n) is 3.50. The van der Waals surface area contributed by atoms with Gasteiger partial charge in [0.15, 0.2) is 5.96 Å². The number of hydrogen-bond acceptors (Lipinski definition) is 5. The molecule has 1 aromatic rings. The normalized spacial score (nSPS) is 17.4. The molecule has 2 aliphatic rings. The molecule has 0 bridgehead atoms. The highest BCUT2D eigenvalue weighted by molar-refractivity contribution is 5.81. The molecule has 0 radical (unpaired) electrons. The van der Waals surface area contributed by atoms with Crippen molar-refractivity contribution in [2.75, 3.05) is 26.2 Å². The number of unbranched alkanes of at least 4 members (excludes halogenated alkanes) is 1. The second-order valence-electron chi connectivity index (χ2n) is 7.23. The molecule has 7 heteroatoms. The maximum absolute atomic E-state index is 12.2. The van der Waals surface area contributed by atoms with Crippen molar-refractivity contribution in [3.63, 3.8) is 0 Å². The summed E-state index contributed by atoms with van der Waals surface area (Å²) in [7, 11) is 0. The third kappa shape index (κ3) is 6.48. The van der Waals surface area contributed by atoms with E-state index in [0.717, 1.165) is 55.1 Å². The van der Waals surface area contributed by atoms with Crippen LogP contribution < -0.4 is 16.0 Å². The number of carboxylic acids is 1. The monoisotopic (exact) mass is 396 g/mol. The second-order valence-corrected chi connectivity index (χ2v) is 7.23. The van der Waals surface area contributed by atoms with Crippen LogP contribution in [0.2, 0.25) is 0 Å². The van der Waals surface area contributed by atoms with E-state index >= 15 is 0 Å². The molecular weight excluding hydrogens is 368 g/mol. The van der Waals surface area contributed by atoms with Crippen molar-refractivity contribution in [2.45, 2.75) is 31.6 Å². The number of amides is 1. The van der Waals surface area contributed by atoms with Crippen LogP contribution in [0.5, 0.6) is 0 Å². The molecule has 4 N–H and O–H groups in total. The Balaban J connectivity index is 1.45. The molecule has 29 heavy (non-hydrogen) atoms. The summed E-state index contributed by atoms with van der Waals surface area (Å²) >= 11 is 0. The Morgan fingerprint density at radius 2 is 2.07 bits per heavy atom. The molecule has 0 saturated heterocycles. The van der Waals surface area contributed by atoms with Crippen molar-refractivity contribution in [3.05, 3.63) is 53.1 Å².